The van der Waals surface area contributed by atoms with Gasteiger partial charge < -0.3 is 10.5 Å². The fourth-order valence-electron chi connectivity index (χ4n) is 3.14. The highest BCUT2D eigenvalue weighted by Gasteiger charge is 2.12. The van der Waals surface area contributed by atoms with Crippen LogP contribution in [0.2, 0.25) is 5.02 Å². The van der Waals surface area contributed by atoms with Crippen molar-refractivity contribution in [2.45, 2.75) is 13.5 Å². The van der Waals surface area contributed by atoms with E-state index < -0.39 is 11.9 Å². The number of hydrogen-bond acceptors (Lipinski definition) is 4. The second-order valence-corrected chi connectivity index (χ2v) is 7.33. The molecular formula is C25H20ClN3O3. The Morgan fingerprint density at radius 3 is 2.53 bits per heavy atom. The van der Waals surface area contributed by atoms with E-state index in [9.17, 15) is 9.59 Å². The van der Waals surface area contributed by atoms with Gasteiger partial charge in [-0.3, -0.25) is 10.1 Å². The Morgan fingerprint density at radius 1 is 1.12 bits per heavy atom. The predicted molar refractivity (Wildman–Crippen MR) is 124 cm³/mol. The number of halogens is 1. The molecule has 0 fully saturated rings. The molecule has 3 aromatic rings. The summed E-state index contributed by atoms with van der Waals surface area (Å²) in [5, 5.41) is 11.3. The quantitative estimate of drug-likeness (QED) is 0.411. The van der Waals surface area contributed by atoms with E-state index in [0.29, 0.717) is 22.9 Å². The van der Waals surface area contributed by atoms with Gasteiger partial charge in [0.2, 0.25) is 0 Å². The highest BCUT2D eigenvalue weighted by molar-refractivity contribution is 6.32. The first-order valence-electron chi connectivity index (χ1n) is 9.68. The average molecular weight is 446 g/mol. The number of primary amides is 1. The normalized spacial score (nSPS) is 10.8. The van der Waals surface area contributed by atoms with Gasteiger partial charge in [-0.1, -0.05) is 66.2 Å². The monoisotopic (exact) mass is 445 g/mol. The smallest absolute Gasteiger partial charge is 0.319 e. The number of rotatable bonds is 6. The topological polar surface area (TPSA) is 105 Å². The van der Waals surface area contributed by atoms with Gasteiger partial charge in [0.25, 0.3) is 5.91 Å². The number of benzene rings is 3. The summed E-state index contributed by atoms with van der Waals surface area (Å²) in [6, 6.07) is 21.8. The fraction of sp³-hybridized carbons (Fsp3) is 0.0800. The molecule has 0 aliphatic rings. The lowest BCUT2D eigenvalue weighted by Crippen LogP contribution is -2.35. The first kappa shape index (κ1) is 22.6. The van der Waals surface area contributed by atoms with Crippen molar-refractivity contribution in [1.82, 2.24) is 5.32 Å². The Labute approximate surface area is 190 Å². The van der Waals surface area contributed by atoms with Gasteiger partial charge in [-0.05, 0) is 52.9 Å². The summed E-state index contributed by atoms with van der Waals surface area (Å²) < 4.78 is 5.92. The van der Waals surface area contributed by atoms with Crippen LogP contribution in [0.3, 0.4) is 0 Å². The van der Waals surface area contributed by atoms with Gasteiger partial charge in [0.15, 0.2) is 0 Å². The predicted octanol–water partition coefficient (Wildman–Crippen LogP) is 5.00. The van der Waals surface area contributed by atoms with E-state index in [1.165, 1.54) is 6.08 Å². The number of nitrogens with two attached hydrogens (primary N) is 1. The van der Waals surface area contributed by atoms with Crippen LogP contribution in [0.1, 0.15) is 16.7 Å². The molecule has 3 aromatic carbocycles. The third kappa shape index (κ3) is 5.54. The van der Waals surface area contributed by atoms with Gasteiger partial charge in [0, 0.05) is 0 Å². The van der Waals surface area contributed by atoms with Gasteiger partial charge in [0.1, 0.15) is 24.0 Å². The molecule has 160 valence electrons. The zero-order chi connectivity index (χ0) is 23.1. The van der Waals surface area contributed by atoms with Crippen LogP contribution >= 0.6 is 11.6 Å². The van der Waals surface area contributed by atoms with Crippen LogP contribution in [0.4, 0.5) is 4.79 Å². The van der Waals surface area contributed by atoms with Crippen LogP contribution in [0.25, 0.3) is 17.2 Å². The number of carbonyl (C=O) groups excluding carboxylic acids is 2. The van der Waals surface area contributed by atoms with Gasteiger partial charge in [-0.2, -0.15) is 5.26 Å². The number of amides is 3. The van der Waals surface area contributed by atoms with Crippen molar-refractivity contribution < 1.29 is 14.3 Å². The second kappa shape index (κ2) is 10.3. The number of nitriles is 1. The van der Waals surface area contributed by atoms with E-state index in [2.05, 4.69) is 25.1 Å². The Bertz CT molecular complexity index is 1230. The Morgan fingerprint density at radius 2 is 1.88 bits per heavy atom. The molecule has 0 heterocycles. The minimum Gasteiger partial charge on any atom is -0.487 e. The van der Waals surface area contributed by atoms with Crippen molar-refractivity contribution in [3.8, 4) is 22.9 Å². The van der Waals surface area contributed by atoms with Crippen molar-refractivity contribution >= 4 is 29.6 Å². The molecule has 0 saturated heterocycles. The summed E-state index contributed by atoms with van der Waals surface area (Å²) in [4.78, 5) is 22.6. The second-order valence-electron chi connectivity index (χ2n) is 6.92. The molecule has 0 aliphatic heterocycles. The highest BCUT2D eigenvalue weighted by atomic mass is 35.5. The summed E-state index contributed by atoms with van der Waals surface area (Å²) in [6.45, 7) is 2.38. The minimum atomic E-state index is -1.04. The molecule has 3 rings (SSSR count). The van der Waals surface area contributed by atoms with Gasteiger partial charge in [-0.15, -0.1) is 0 Å². The lowest BCUT2D eigenvalue weighted by atomic mass is 9.97. The first-order chi connectivity index (χ1) is 15.4. The summed E-state index contributed by atoms with van der Waals surface area (Å²) in [6.07, 6.45) is 1.31. The fourth-order valence-corrected chi connectivity index (χ4v) is 3.39. The van der Waals surface area contributed by atoms with Crippen molar-refractivity contribution in [1.29, 1.82) is 5.26 Å². The molecule has 0 bridgehead atoms. The largest absolute Gasteiger partial charge is 0.487 e. The summed E-state index contributed by atoms with van der Waals surface area (Å²) in [5.74, 6) is -0.418. The van der Waals surface area contributed by atoms with E-state index in [-0.39, 0.29) is 5.57 Å². The summed E-state index contributed by atoms with van der Waals surface area (Å²) in [7, 11) is 0. The lowest BCUT2D eigenvalue weighted by Gasteiger charge is -2.14. The van der Waals surface area contributed by atoms with E-state index in [4.69, 9.17) is 27.3 Å². The third-order valence-electron chi connectivity index (χ3n) is 4.78. The number of nitrogens with zero attached hydrogens (tertiary/aromatic N) is 1. The zero-order valence-electron chi connectivity index (χ0n) is 17.3. The molecule has 3 N–H and O–H groups in total. The molecule has 0 aromatic heterocycles. The van der Waals surface area contributed by atoms with Crippen LogP contribution in [0, 0.1) is 18.3 Å². The highest BCUT2D eigenvalue weighted by Crippen LogP contribution is 2.29. The molecule has 0 spiro atoms. The molecule has 0 atom stereocenters. The maximum atomic E-state index is 11.8. The van der Waals surface area contributed by atoms with Gasteiger partial charge >= 0.3 is 6.03 Å². The van der Waals surface area contributed by atoms with Crippen LogP contribution in [0.15, 0.2) is 72.3 Å². The molecule has 6 nitrogen and oxygen atoms in total. The van der Waals surface area contributed by atoms with E-state index in [0.717, 1.165) is 22.3 Å². The van der Waals surface area contributed by atoms with Gasteiger partial charge in [0.05, 0.1) is 5.02 Å². The third-order valence-corrected chi connectivity index (χ3v) is 5.08. The Hall–Kier alpha value is -4.08. The first-order valence-corrected chi connectivity index (χ1v) is 10.1. The molecule has 3 amide bonds. The maximum Gasteiger partial charge on any atom is 0.319 e. The molecule has 0 radical (unpaired) electrons. The van der Waals surface area contributed by atoms with Crippen LogP contribution in [-0.4, -0.2) is 11.9 Å². The number of ether oxygens (including phenoxy) is 1. The molecule has 0 aliphatic carbocycles. The molecule has 0 saturated carbocycles. The van der Waals surface area contributed by atoms with E-state index in [1.807, 2.05) is 35.6 Å². The molecular weight excluding hydrogens is 426 g/mol. The maximum absolute atomic E-state index is 11.8. The van der Waals surface area contributed by atoms with Gasteiger partial charge in [-0.25, -0.2) is 4.79 Å². The number of imide groups is 1. The summed E-state index contributed by atoms with van der Waals surface area (Å²) in [5.41, 5.74) is 9.55. The number of carbonyl (C=O) groups is 2. The summed E-state index contributed by atoms with van der Waals surface area (Å²) >= 11 is 6.34. The van der Waals surface area contributed by atoms with Crippen molar-refractivity contribution in [2.75, 3.05) is 0 Å². The van der Waals surface area contributed by atoms with Crippen LogP contribution in [0.5, 0.6) is 5.75 Å². The Kier molecular flexibility index (Phi) is 7.27. The molecule has 0 unspecified atom stereocenters. The van der Waals surface area contributed by atoms with E-state index in [1.54, 1.807) is 24.3 Å². The van der Waals surface area contributed by atoms with Crippen molar-refractivity contribution in [3.05, 3.63) is 94.0 Å². The Balaban J connectivity index is 1.76. The van der Waals surface area contributed by atoms with Crippen molar-refractivity contribution in [2.24, 2.45) is 5.73 Å². The van der Waals surface area contributed by atoms with Crippen molar-refractivity contribution in [3.63, 3.8) is 0 Å². The number of hydrogen-bond donors (Lipinski definition) is 2. The molecule has 7 heteroatoms. The number of urea groups is 1. The molecule has 32 heavy (non-hydrogen) atoms. The minimum absolute atomic E-state index is 0.276. The van der Waals surface area contributed by atoms with Crippen LogP contribution < -0.4 is 15.8 Å². The lowest BCUT2D eigenvalue weighted by molar-refractivity contribution is -0.115. The standard InChI is InChI=1S/C25H20ClN3O3/c1-16-19(8-5-9-21(16)18-6-3-2-4-7-18)15-32-23-11-10-17(13-22(23)26)12-20(14-27)24(30)29-25(28)31/h2-13H,15H2,1H3,(H3,28,29,30,31)/b20-12+. The number of nitrogens with one attached hydrogen (secondary N) is 1. The zero-order valence-corrected chi connectivity index (χ0v) is 18.0. The van der Waals surface area contributed by atoms with Crippen LogP contribution in [-0.2, 0) is 11.4 Å². The average Bonchev–Trinajstić information content (AvgIpc) is 2.77. The van der Waals surface area contributed by atoms with E-state index >= 15 is 0 Å². The SMILES string of the molecule is Cc1c(COc2ccc(/C=C(\C#N)C(=O)NC(N)=O)cc2Cl)cccc1-c1ccccc1.